The van der Waals surface area contributed by atoms with Gasteiger partial charge in [0, 0.05) is 0 Å². The van der Waals surface area contributed by atoms with Gasteiger partial charge in [-0.1, -0.05) is 54.1 Å². The van der Waals surface area contributed by atoms with Gasteiger partial charge < -0.3 is 9.47 Å². The third-order valence-electron chi connectivity index (χ3n) is 4.98. The largest absolute Gasteiger partial charge is 0.444 e. The zero-order chi connectivity index (χ0) is 22.7. The molecule has 1 aliphatic rings. The second-order valence-corrected chi connectivity index (χ2v) is 7.23. The molecule has 0 radical (unpaired) electrons. The summed E-state index contributed by atoms with van der Waals surface area (Å²) in [5.74, 6) is -3.17. The normalized spacial score (nSPS) is 17.8. The summed E-state index contributed by atoms with van der Waals surface area (Å²) < 4.78 is 10.8. The molecule has 3 aromatic rings. The maximum absolute atomic E-state index is 13.1. The minimum absolute atomic E-state index is 0.203. The number of nitrogens with zero attached hydrogens (tertiary/aromatic N) is 1. The molecule has 7 nitrogen and oxygen atoms in total. The predicted octanol–water partition coefficient (Wildman–Crippen LogP) is 3.32. The maximum Gasteiger partial charge on any atom is 0.339 e. The van der Waals surface area contributed by atoms with Crippen LogP contribution in [-0.2, 0) is 19.1 Å². The van der Waals surface area contributed by atoms with Crippen LogP contribution in [0, 0.1) is 6.92 Å². The van der Waals surface area contributed by atoms with Crippen molar-refractivity contribution in [2.75, 3.05) is 4.90 Å². The SMILES string of the molecule is Cc1ccc(N2C(=O)[C@H](OC(=O)c3ccccc3)[C@@H](OC(=O)c3ccccc3)C2=O)cc1. The number of rotatable bonds is 5. The Morgan fingerprint density at radius 3 is 1.47 bits per heavy atom. The lowest BCUT2D eigenvalue weighted by Gasteiger charge is -2.16. The quantitative estimate of drug-likeness (QED) is 0.457. The fourth-order valence-corrected chi connectivity index (χ4v) is 3.31. The first kappa shape index (κ1) is 21.0. The van der Waals surface area contributed by atoms with Crippen LogP contribution in [0.3, 0.4) is 0 Å². The highest BCUT2D eigenvalue weighted by atomic mass is 16.6. The minimum atomic E-state index is -1.61. The fourth-order valence-electron chi connectivity index (χ4n) is 3.31. The topological polar surface area (TPSA) is 90.0 Å². The van der Waals surface area contributed by atoms with Gasteiger partial charge in [0.2, 0.25) is 12.2 Å². The van der Waals surface area contributed by atoms with Crippen molar-refractivity contribution >= 4 is 29.4 Å². The van der Waals surface area contributed by atoms with Crippen LogP contribution in [0.25, 0.3) is 0 Å². The summed E-state index contributed by atoms with van der Waals surface area (Å²) in [4.78, 5) is 52.3. The van der Waals surface area contributed by atoms with E-state index in [0.717, 1.165) is 10.5 Å². The van der Waals surface area contributed by atoms with Gasteiger partial charge in [0.15, 0.2) is 0 Å². The number of aryl methyl sites for hydroxylation is 1. The molecule has 0 aromatic heterocycles. The molecule has 1 fully saturated rings. The molecule has 0 saturated carbocycles. The van der Waals surface area contributed by atoms with Gasteiger partial charge in [0.05, 0.1) is 16.8 Å². The van der Waals surface area contributed by atoms with E-state index in [0.29, 0.717) is 5.69 Å². The summed E-state index contributed by atoms with van der Waals surface area (Å²) in [6, 6.07) is 22.8. The molecule has 0 N–H and O–H groups in total. The number of benzene rings is 3. The first-order chi connectivity index (χ1) is 15.5. The van der Waals surface area contributed by atoms with Crippen molar-refractivity contribution in [2.24, 2.45) is 0 Å². The summed E-state index contributed by atoms with van der Waals surface area (Å²) >= 11 is 0. The summed E-state index contributed by atoms with van der Waals surface area (Å²) in [6.07, 6.45) is -3.21. The molecule has 0 unspecified atom stereocenters. The van der Waals surface area contributed by atoms with E-state index < -0.39 is 36.0 Å². The van der Waals surface area contributed by atoms with E-state index in [2.05, 4.69) is 0 Å². The van der Waals surface area contributed by atoms with Crippen molar-refractivity contribution in [3.63, 3.8) is 0 Å². The van der Waals surface area contributed by atoms with Crippen molar-refractivity contribution < 1.29 is 28.7 Å². The Morgan fingerprint density at radius 1 is 0.656 bits per heavy atom. The maximum atomic E-state index is 13.1. The van der Waals surface area contributed by atoms with Crippen LogP contribution in [-0.4, -0.2) is 36.0 Å². The first-order valence-corrected chi connectivity index (χ1v) is 9.92. The first-order valence-electron chi connectivity index (χ1n) is 9.92. The summed E-state index contributed by atoms with van der Waals surface area (Å²) in [6.45, 7) is 1.87. The summed E-state index contributed by atoms with van der Waals surface area (Å²) in [5, 5.41) is 0. The number of carbonyl (C=O) groups is 4. The molecule has 1 aliphatic heterocycles. The Kier molecular flexibility index (Phi) is 5.81. The van der Waals surface area contributed by atoms with Gasteiger partial charge >= 0.3 is 11.9 Å². The lowest BCUT2D eigenvalue weighted by molar-refractivity contribution is -0.130. The number of hydrogen-bond donors (Lipinski definition) is 0. The van der Waals surface area contributed by atoms with E-state index in [1.54, 1.807) is 60.7 Å². The number of anilines is 1. The molecule has 3 aromatic carbocycles. The molecule has 2 amide bonds. The van der Waals surface area contributed by atoms with Crippen molar-refractivity contribution in [2.45, 2.75) is 19.1 Å². The van der Waals surface area contributed by atoms with Gasteiger partial charge in [-0.2, -0.15) is 0 Å². The summed E-state index contributed by atoms with van der Waals surface area (Å²) in [5.41, 5.74) is 1.64. The molecular formula is C25H19NO6. The van der Waals surface area contributed by atoms with Crippen molar-refractivity contribution in [1.29, 1.82) is 0 Å². The third-order valence-corrected chi connectivity index (χ3v) is 4.98. The lowest BCUT2D eigenvalue weighted by atomic mass is 10.2. The fraction of sp³-hybridized carbons (Fsp3) is 0.120. The van der Waals surface area contributed by atoms with E-state index in [1.165, 1.54) is 24.3 Å². The second kappa shape index (κ2) is 8.85. The molecule has 32 heavy (non-hydrogen) atoms. The molecule has 0 aliphatic carbocycles. The molecule has 7 heteroatoms. The van der Waals surface area contributed by atoms with E-state index in [4.69, 9.17) is 9.47 Å². The molecule has 0 bridgehead atoms. The van der Waals surface area contributed by atoms with E-state index in [-0.39, 0.29) is 11.1 Å². The van der Waals surface area contributed by atoms with Crippen molar-refractivity contribution in [3.05, 3.63) is 102 Å². The molecule has 2 atom stereocenters. The van der Waals surface area contributed by atoms with E-state index in [1.807, 2.05) is 6.92 Å². The zero-order valence-corrected chi connectivity index (χ0v) is 17.1. The number of carbonyl (C=O) groups excluding carboxylic acids is 4. The predicted molar refractivity (Wildman–Crippen MR) is 115 cm³/mol. The zero-order valence-electron chi connectivity index (χ0n) is 17.1. The van der Waals surface area contributed by atoms with Crippen molar-refractivity contribution in [1.82, 2.24) is 0 Å². The number of ether oxygens (including phenoxy) is 2. The molecule has 160 valence electrons. The van der Waals surface area contributed by atoms with Crippen LogP contribution in [0.4, 0.5) is 5.69 Å². The van der Waals surface area contributed by atoms with E-state index >= 15 is 0 Å². The average Bonchev–Trinajstić information content (AvgIpc) is 3.04. The standard InChI is InChI=1S/C25H19NO6/c1-16-12-14-19(15-13-16)26-22(27)20(31-24(29)17-8-4-2-5-9-17)21(23(26)28)32-25(30)18-10-6-3-7-11-18/h2-15,20-21H,1H3/t20-,21-/m1/s1. The number of esters is 2. The van der Waals surface area contributed by atoms with Crippen LogP contribution in [0.5, 0.6) is 0 Å². The molecule has 4 rings (SSSR count). The third kappa shape index (κ3) is 4.13. The summed E-state index contributed by atoms with van der Waals surface area (Å²) in [7, 11) is 0. The van der Waals surface area contributed by atoms with E-state index in [9.17, 15) is 19.2 Å². The highest BCUT2D eigenvalue weighted by molar-refractivity contribution is 6.25. The minimum Gasteiger partial charge on any atom is -0.444 e. The average molecular weight is 429 g/mol. The van der Waals surface area contributed by atoms with Gasteiger partial charge in [0.1, 0.15) is 0 Å². The smallest absolute Gasteiger partial charge is 0.339 e. The van der Waals surface area contributed by atoms with Gasteiger partial charge in [-0.15, -0.1) is 0 Å². The van der Waals surface area contributed by atoms with Crippen LogP contribution in [0.1, 0.15) is 26.3 Å². The van der Waals surface area contributed by atoms with Gasteiger partial charge in [-0.3, -0.25) is 9.59 Å². The number of hydrogen-bond acceptors (Lipinski definition) is 6. The van der Waals surface area contributed by atoms with Gasteiger partial charge in [-0.05, 0) is 43.3 Å². The Morgan fingerprint density at radius 2 is 1.06 bits per heavy atom. The molecular weight excluding hydrogens is 410 g/mol. The number of amides is 2. The highest BCUT2D eigenvalue weighted by Crippen LogP contribution is 2.28. The Hall–Kier alpha value is -4.26. The number of imide groups is 1. The van der Waals surface area contributed by atoms with Gasteiger partial charge in [-0.25, -0.2) is 14.5 Å². The Labute approximate surface area is 184 Å². The van der Waals surface area contributed by atoms with Crippen LogP contribution < -0.4 is 4.90 Å². The molecule has 1 heterocycles. The van der Waals surface area contributed by atoms with Crippen LogP contribution in [0.15, 0.2) is 84.9 Å². The monoisotopic (exact) mass is 429 g/mol. The Bertz CT molecular complexity index is 1090. The van der Waals surface area contributed by atoms with Crippen LogP contribution in [0.2, 0.25) is 0 Å². The van der Waals surface area contributed by atoms with Crippen molar-refractivity contribution in [3.8, 4) is 0 Å². The highest BCUT2D eigenvalue weighted by Gasteiger charge is 2.53. The Balaban J connectivity index is 1.65. The van der Waals surface area contributed by atoms with Gasteiger partial charge in [0.25, 0.3) is 11.8 Å². The van der Waals surface area contributed by atoms with Crippen LogP contribution >= 0.6 is 0 Å². The molecule has 1 saturated heterocycles. The second-order valence-electron chi connectivity index (χ2n) is 7.23. The molecule has 0 spiro atoms. The lowest BCUT2D eigenvalue weighted by Crippen LogP contribution is -2.37.